The Morgan fingerprint density at radius 3 is 1.32 bits per heavy atom. The minimum atomic E-state index is -0.833. The standard InChI is InChI=1S/C12H6Br2O.C12H8O.C2H4O2.Br2/c13-7-1-3-11-9(5-7)10-6-8(14)2-4-12(10)15-11;1-3-7-11-9(5-1)10-6-2-4-8-12(10)13-11;1-2(3)4;1-2/h1-6H;1-8H;1H3,(H,3,4);. The van der Waals surface area contributed by atoms with Crippen molar-refractivity contribution < 1.29 is 18.7 Å². The molecular weight excluding hydrogens is 696 g/mol. The van der Waals surface area contributed by atoms with Crippen LogP contribution in [0.15, 0.2) is 103 Å². The molecule has 6 aromatic rings. The summed E-state index contributed by atoms with van der Waals surface area (Å²) < 4.78 is 13.5. The number of carbonyl (C=O) groups is 1. The van der Waals surface area contributed by atoms with E-state index in [9.17, 15) is 0 Å². The highest BCUT2D eigenvalue weighted by molar-refractivity contribution is 9.93. The average Bonchev–Trinajstić information content (AvgIpc) is 3.38. The summed E-state index contributed by atoms with van der Waals surface area (Å²) >= 11 is 12.4. The van der Waals surface area contributed by atoms with E-state index >= 15 is 0 Å². The van der Waals surface area contributed by atoms with E-state index in [-0.39, 0.29) is 0 Å². The van der Waals surface area contributed by atoms with Gasteiger partial charge in [-0.15, -0.1) is 0 Å². The van der Waals surface area contributed by atoms with Gasteiger partial charge in [0.25, 0.3) is 5.97 Å². The molecule has 0 unspecified atom stereocenters. The molecule has 0 fully saturated rings. The largest absolute Gasteiger partial charge is 0.481 e. The number of para-hydroxylation sites is 2. The lowest BCUT2D eigenvalue weighted by Gasteiger charge is -1.91. The first-order chi connectivity index (χ1) is 16.4. The molecule has 2 aromatic heterocycles. The van der Waals surface area contributed by atoms with Crippen LogP contribution in [0.2, 0.25) is 0 Å². The van der Waals surface area contributed by atoms with Crippen LogP contribution >= 0.6 is 60.1 Å². The highest BCUT2D eigenvalue weighted by atomic mass is 80.9. The Morgan fingerprint density at radius 1 is 0.618 bits per heavy atom. The fourth-order valence-electron chi connectivity index (χ4n) is 3.40. The van der Waals surface area contributed by atoms with Crippen LogP contribution in [-0.2, 0) is 4.79 Å². The first-order valence-corrected chi connectivity index (χ1v) is 15.2. The van der Waals surface area contributed by atoms with E-state index in [1.807, 2.05) is 60.7 Å². The molecular formula is C26H18Br4O4. The number of carboxylic acid groups (broad SMARTS) is 1. The summed E-state index contributed by atoms with van der Waals surface area (Å²) in [5.41, 5.74) is 3.77. The summed E-state index contributed by atoms with van der Waals surface area (Å²) in [7, 11) is 0. The number of hydrogen-bond acceptors (Lipinski definition) is 3. The smallest absolute Gasteiger partial charge is 0.300 e. The Balaban J connectivity index is 0.000000157. The van der Waals surface area contributed by atoms with Gasteiger partial charge in [0, 0.05) is 65.7 Å². The van der Waals surface area contributed by atoms with Crippen molar-refractivity contribution >= 4 is 110 Å². The van der Waals surface area contributed by atoms with Crippen LogP contribution in [0.3, 0.4) is 0 Å². The zero-order valence-corrected chi connectivity index (χ0v) is 24.1. The quantitative estimate of drug-likeness (QED) is 0.170. The van der Waals surface area contributed by atoms with Crippen LogP contribution in [-0.4, -0.2) is 11.1 Å². The van der Waals surface area contributed by atoms with Gasteiger partial charge in [0.15, 0.2) is 0 Å². The maximum Gasteiger partial charge on any atom is 0.300 e. The molecule has 4 aromatic carbocycles. The van der Waals surface area contributed by atoms with E-state index in [4.69, 9.17) is 18.7 Å². The van der Waals surface area contributed by atoms with Crippen molar-refractivity contribution in [3.05, 3.63) is 93.9 Å². The van der Waals surface area contributed by atoms with Gasteiger partial charge in [0.1, 0.15) is 22.3 Å². The zero-order chi connectivity index (χ0) is 24.7. The minimum Gasteiger partial charge on any atom is -0.481 e. The van der Waals surface area contributed by atoms with Crippen LogP contribution in [0.5, 0.6) is 0 Å². The average molecular weight is 714 g/mol. The van der Waals surface area contributed by atoms with Gasteiger partial charge in [-0.3, -0.25) is 4.79 Å². The molecule has 6 rings (SSSR count). The topological polar surface area (TPSA) is 63.6 Å². The molecule has 2 heterocycles. The number of rotatable bonds is 0. The molecule has 0 atom stereocenters. The Kier molecular flexibility index (Phi) is 9.76. The SMILES string of the molecule is BrBr.Brc1ccc2oc3ccc(Br)cc3c2c1.CC(=O)O.c1ccc2c(c1)oc1ccccc12. The van der Waals surface area contributed by atoms with Gasteiger partial charge >= 0.3 is 0 Å². The van der Waals surface area contributed by atoms with E-state index < -0.39 is 5.97 Å². The molecule has 0 saturated carbocycles. The fraction of sp³-hybridized carbons (Fsp3) is 0.0385. The molecule has 0 aliphatic rings. The lowest BCUT2D eigenvalue weighted by atomic mass is 10.2. The Hall–Kier alpha value is -2.13. The van der Waals surface area contributed by atoms with E-state index in [1.165, 1.54) is 10.8 Å². The number of halogens is 4. The van der Waals surface area contributed by atoms with Gasteiger partial charge in [-0.05, 0) is 48.5 Å². The Morgan fingerprint density at radius 2 is 0.941 bits per heavy atom. The highest BCUT2D eigenvalue weighted by Crippen LogP contribution is 2.32. The fourth-order valence-corrected chi connectivity index (χ4v) is 4.12. The third-order valence-corrected chi connectivity index (χ3v) is 5.66. The lowest BCUT2D eigenvalue weighted by molar-refractivity contribution is -0.134. The Bertz CT molecular complexity index is 1440. The Labute approximate surface area is 228 Å². The van der Waals surface area contributed by atoms with Crippen molar-refractivity contribution in [3.63, 3.8) is 0 Å². The summed E-state index contributed by atoms with van der Waals surface area (Å²) in [4.78, 5) is 9.00. The molecule has 0 aliphatic heterocycles. The molecule has 0 spiro atoms. The second-order valence-electron chi connectivity index (χ2n) is 7.00. The van der Waals surface area contributed by atoms with Crippen LogP contribution in [0.4, 0.5) is 0 Å². The van der Waals surface area contributed by atoms with E-state index in [0.717, 1.165) is 49.0 Å². The summed E-state index contributed by atoms with van der Waals surface area (Å²) in [6.45, 7) is 1.08. The maximum absolute atomic E-state index is 9.00. The van der Waals surface area contributed by atoms with Crippen molar-refractivity contribution in [2.45, 2.75) is 6.92 Å². The molecule has 0 bridgehead atoms. The molecule has 174 valence electrons. The molecule has 0 amide bonds. The second kappa shape index (κ2) is 12.5. The lowest BCUT2D eigenvalue weighted by Crippen LogP contribution is -1.78. The van der Waals surface area contributed by atoms with Gasteiger partial charge in [-0.25, -0.2) is 0 Å². The third-order valence-electron chi connectivity index (χ3n) is 4.68. The maximum atomic E-state index is 9.00. The number of benzene rings is 4. The van der Waals surface area contributed by atoms with Crippen molar-refractivity contribution in [3.8, 4) is 0 Å². The second-order valence-corrected chi connectivity index (χ2v) is 8.83. The molecule has 0 radical (unpaired) electrons. The minimum absolute atomic E-state index is 0.833. The highest BCUT2D eigenvalue weighted by Gasteiger charge is 2.07. The predicted molar refractivity (Wildman–Crippen MR) is 154 cm³/mol. The van der Waals surface area contributed by atoms with Crippen molar-refractivity contribution in [1.29, 1.82) is 0 Å². The zero-order valence-electron chi connectivity index (χ0n) is 17.8. The molecule has 0 aliphatic carbocycles. The van der Waals surface area contributed by atoms with Crippen LogP contribution in [0, 0.1) is 0 Å². The number of carboxylic acids is 1. The van der Waals surface area contributed by atoms with Crippen molar-refractivity contribution in [2.75, 3.05) is 0 Å². The molecule has 34 heavy (non-hydrogen) atoms. The first kappa shape index (κ1) is 26.5. The van der Waals surface area contributed by atoms with Crippen LogP contribution in [0.25, 0.3) is 43.9 Å². The van der Waals surface area contributed by atoms with Crippen molar-refractivity contribution in [2.24, 2.45) is 0 Å². The summed E-state index contributed by atoms with van der Waals surface area (Å²) in [6, 6.07) is 28.3. The molecule has 4 nitrogen and oxygen atoms in total. The van der Waals surface area contributed by atoms with Crippen molar-refractivity contribution in [1.82, 2.24) is 0 Å². The molecule has 0 saturated heterocycles. The summed E-state index contributed by atoms with van der Waals surface area (Å²) in [5.74, 6) is -0.833. The first-order valence-electron chi connectivity index (χ1n) is 9.90. The number of hydrogen-bond donors (Lipinski definition) is 1. The van der Waals surface area contributed by atoms with E-state index in [2.05, 4.69) is 84.4 Å². The predicted octanol–water partition coefficient (Wildman–Crippen LogP) is 10.5. The summed E-state index contributed by atoms with van der Waals surface area (Å²) in [5, 5.41) is 12.1. The van der Waals surface area contributed by atoms with Gasteiger partial charge < -0.3 is 13.9 Å². The van der Waals surface area contributed by atoms with Gasteiger partial charge in [0.2, 0.25) is 0 Å². The van der Waals surface area contributed by atoms with E-state index in [0.29, 0.717) is 0 Å². The van der Waals surface area contributed by atoms with Gasteiger partial charge in [0.05, 0.1) is 0 Å². The molecule has 8 heteroatoms. The van der Waals surface area contributed by atoms with Crippen LogP contribution in [0.1, 0.15) is 6.92 Å². The van der Waals surface area contributed by atoms with E-state index in [1.54, 1.807) is 0 Å². The van der Waals surface area contributed by atoms with Gasteiger partial charge in [-0.2, -0.15) is 0 Å². The normalized spacial score (nSPS) is 10.1. The number of furan rings is 2. The molecule has 1 N–H and O–H groups in total. The third kappa shape index (κ3) is 6.50. The number of fused-ring (bicyclic) bond motifs is 6. The van der Waals surface area contributed by atoms with Gasteiger partial charge in [-0.1, -0.05) is 68.3 Å². The van der Waals surface area contributed by atoms with Crippen LogP contribution < -0.4 is 0 Å². The summed E-state index contributed by atoms with van der Waals surface area (Å²) in [6.07, 6.45) is 0. The monoisotopic (exact) mass is 710 g/mol. The number of aliphatic carboxylic acids is 1.